The summed E-state index contributed by atoms with van der Waals surface area (Å²) >= 11 is 12.2. The molecule has 1 aliphatic carbocycles. The van der Waals surface area contributed by atoms with Gasteiger partial charge in [0.2, 0.25) is 11.8 Å². The van der Waals surface area contributed by atoms with Gasteiger partial charge in [0.15, 0.2) is 5.60 Å². The zero-order valence-corrected chi connectivity index (χ0v) is 21.4. The number of hydrogen-bond acceptors (Lipinski definition) is 5. The van der Waals surface area contributed by atoms with E-state index in [4.69, 9.17) is 27.9 Å². The minimum Gasteiger partial charge on any atom is -0.476 e. The molecular formula is C25H31Cl2N3O5. The number of aldehydes is 1. The van der Waals surface area contributed by atoms with Gasteiger partial charge in [0.1, 0.15) is 18.1 Å². The zero-order valence-electron chi connectivity index (χ0n) is 19.9. The average molecular weight is 524 g/mol. The molecule has 3 amide bonds. The molecule has 0 radical (unpaired) electrons. The molecule has 4 rings (SSSR count). The molecule has 1 aromatic carbocycles. The Morgan fingerprint density at radius 1 is 1.29 bits per heavy atom. The lowest BCUT2D eigenvalue weighted by atomic mass is 9.92. The first kappa shape index (κ1) is 25.8. The number of amides is 3. The normalized spacial score (nSPS) is 26.7. The Hall–Kier alpha value is -2.32. The molecule has 1 saturated carbocycles. The minimum atomic E-state index is -1.29. The number of hydrogen-bond donors (Lipinski definition) is 2. The number of fused-ring (bicyclic) bond motifs is 1. The number of carbonyl (C=O) groups excluding carboxylic acids is 4. The van der Waals surface area contributed by atoms with Crippen molar-refractivity contribution in [2.75, 3.05) is 13.1 Å². The topological polar surface area (TPSA) is 105 Å². The van der Waals surface area contributed by atoms with E-state index in [-0.39, 0.29) is 46.9 Å². The first-order valence-electron chi connectivity index (χ1n) is 12.1. The third-order valence-corrected chi connectivity index (χ3v) is 7.92. The van der Waals surface area contributed by atoms with Crippen LogP contribution in [-0.4, -0.2) is 59.7 Å². The Balaban J connectivity index is 1.50. The van der Waals surface area contributed by atoms with Crippen LogP contribution in [0.4, 0.5) is 0 Å². The fraction of sp³-hybridized carbons (Fsp3) is 0.600. The van der Waals surface area contributed by atoms with Gasteiger partial charge in [0.25, 0.3) is 5.91 Å². The molecular weight excluding hydrogens is 493 g/mol. The smallest absolute Gasteiger partial charge is 0.266 e. The summed E-state index contributed by atoms with van der Waals surface area (Å²) in [7, 11) is 0. The molecule has 5 atom stereocenters. The molecule has 3 fully saturated rings. The van der Waals surface area contributed by atoms with Crippen molar-refractivity contribution < 1.29 is 23.9 Å². The van der Waals surface area contributed by atoms with Crippen LogP contribution in [0.5, 0.6) is 5.75 Å². The zero-order chi connectivity index (χ0) is 25.3. The van der Waals surface area contributed by atoms with Gasteiger partial charge in [-0.25, -0.2) is 0 Å². The van der Waals surface area contributed by atoms with Gasteiger partial charge in [0.05, 0.1) is 11.1 Å². The van der Waals surface area contributed by atoms with Crippen LogP contribution in [0.15, 0.2) is 18.2 Å². The second kappa shape index (κ2) is 10.3. The first-order chi connectivity index (χ1) is 16.6. The molecule has 2 aliphatic heterocycles. The average Bonchev–Trinajstić information content (AvgIpc) is 3.50. The Morgan fingerprint density at radius 2 is 2.06 bits per heavy atom. The third-order valence-electron chi connectivity index (χ3n) is 7.39. The molecule has 10 heteroatoms. The van der Waals surface area contributed by atoms with Crippen molar-refractivity contribution in [3.05, 3.63) is 28.2 Å². The highest BCUT2D eigenvalue weighted by atomic mass is 35.5. The van der Waals surface area contributed by atoms with Crippen LogP contribution in [0.25, 0.3) is 0 Å². The van der Waals surface area contributed by atoms with E-state index in [2.05, 4.69) is 10.6 Å². The standard InChI is InChI=1S/C25H31Cl2N3O5/c1-25(2,35-20-7-6-16(26)11-19(20)27)24(34)30-12-15-4-3-5-18(15)21(30)23(33)29-17(13-31)10-14-8-9-28-22(14)32/h6-7,11,13-15,17-18,21H,3-5,8-10,12H2,1-2H3,(H,28,32)(H,29,33)/t14-,15?,17-,18-,21-/m0/s1. The van der Waals surface area contributed by atoms with E-state index in [9.17, 15) is 19.2 Å². The monoisotopic (exact) mass is 523 g/mol. The summed E-state index contributed by atoms with van der Waals surface area (Å²) in [5.74, 6) is -0.511. The molecule has 190 valence electrons. The van der Waals surface area contributed by atoms with Crippen LogP contribution in [0, 0.1) is 17.8 Å². The van der Waals surface area contributed by atoms with E-state index in [0.717, 1.165) is 19.3 Å². The molecule has 2 saturated heterocycles. The number of nitrogens with zero attached hydrogens (tertiary/aromatic N) is 1. The second-order valence-electron chi connectivity index (χ2n) is 10.2. The number of likely N-dealkylation sites (tertiary alicyclic amines) is 1. The highest BCUT2D eigenvalue weighted by Gasteiger charge is 2.52. The predicted octanol–water partition coefficient (Wildman–Crippen LogP) is 2.99. The van der Waals surface area contributed by atoms with E-state index in [0.29, 0.717) is 36.6 Å². The van der Waals surface area contributed by atoms with Crippen LogP contribution < -0.4 is 15.4 Å². The van der Waals surface area contributed by atoms with E-state index < -0.39 is 17.7 Å². The highest BCUT2D eigenvalue weighted by Crippen LogP contribution is 2.43. The SMILES string of the molecule is CC(C)(Oc1ccc(Cl)cc1Cl)C(=O)N1CC2CCC[C@@H]2[C@H]1C(=O)N[C@H](C=O)C[C@@H]1CCNC1=O. The molecule has 3 aliphatic rings. The maximum atomic E-state index is 13.7. The first-order valence-corrected chi connectivity index (χ1v) is 12.8. The second-order valence-corrected chi connectivity index (χ2v) is 11.1. The van der Waals surface area contributed by atoms with Crippen LogP contribution in [0.3, 0.4) is 0 Å². The summed E-state index contributed by atoms with van der Waals surface area (Å²) in [4.78, 5) is 52.4. The van der Waals surface area contributed by atoms with Crippen LogP contribution in [0.1, 0.15) is 46.0 Å². The fourth-order valence-corrected chi connectivity index (χ4v) is 6.11. The number of carbonyl (C=O) groups is 4. The van der Waals surface area contributed by atoms with Crippen molar-refractivity contribution in [1.29, 1.82) is 0 Å². The van der Waals surface area contributed by atoms with Crippen molar-refractivity contribution in [3.63, 3.8) is 0 Å². The van der Waals surface area contributed by atoms with Crippen molar-refractivity contribution in [2.24, 2.45) is 17.8 Å². The van der Waals surface area contributed by atoms with Crippen molar-refractivity contribution in [1.82, 2.24) is 15.5 Å². The molecule has 1 aromatic rings. The van der Waals surface area contributed by atoms with Gasteiger partial charge in [-0.05, 0) is 69.6 Å². The fourth-order valence-electron chi connectivity index (χ4n) is 5.67. The number of halogens is 2. The number of rotatable bonds is 8. The Kier molecular flexibility index (Phi) is 7.62. The highest BCUT2D eigenvalue weighted by molar-refractivity contribution is 6.35. The molecule has 1 unspecified atom stereocenters. The summed E-state index contributed by atoms with van der Waals surface area (Å²) in [6, 6.07) is 3.30. The maximum Gasteiger partial charge on any atom is 0.266 e. The molecule has 8 nitrogen and oxygen atoms in total. The van der Waals surface area contributed by atoms with E-state index in [1.807, 2.05) is 0 Å². The molecule has 2 heterocycles. The summed E-state index contributed by atoms with van der Waals surface area (Å²) < 4.78 is 6.00. The summed E-state index contributed by atoms with van der Waals surface area (Å²) in [6.07, 6.45) is 4.35. The van der Waals surface area contributed by atoms with Gasteiger partial charge in [-0.3, -0.25) is 14.4 Å². The van der Waals surface area contributed by atoms with Crippen molar-refractivity contribution in [2.45, 2.75) is 63.6 Å². The van der Waals surface area contributed by atoms with Crippen LogP contribution in [-0.2, 0) is 19.2 Å². The summed E-state index contributed by atoms with van der Waals surface area (Å²) in [5, 5.41) is 6.31. The summed E-state index contributed by atoms with van der Waals surface area (Å²) in [6.45, 7) is 4.33. The lowest BCUT2D eigenvalue weighted by molar-refractivity contribution is -0.150. The largest absolute Gasteiger partial charge is 0.476 e. The van der Waals surface area contributed by atoms with Gasteiger partial charge >= 0.3 is 0 Å². The predicted molar refractivity (Wildman–Crippen MR) is 131 cm³/mol. The molecule has 2 N–H and O–H groups in total. The molecule has 0 bridgehead atoms. The van der Waals surface area contributed by atoms with Crippen LogP contribution in [0.2, 0.25) is 10.0 Å². The number of nitrogens with one attached hydrogen (secondary N) is 2. The number of benzene rings is 1. The van der Waals surface area contributed by atoms with E-state index >= 15 is 0 Å². The van der Waals surface area contributed by atoms with Crippen LogP contribution >= 0.6 is 23.2 Å². The van der Waals surface area contributed by atoms with Gasteiger partial charge in [-0.2, -0.15) is 0 Å². The Labute approximate surface area is 215 Å². The third kappa shape index (κ3) is 5.43. The lowest BCUT2D eigenvalue weighted by Crippen LogP contribution is -2.57. The summed E-state index contributed by atoms with van der Waals surface area (Å²) in [5.41, 5.74) is -1.29. The molecule has 0 aromatic heterocycles. The van der Waals surface area contributed by atoms with E-state index in [1.54, 1.807) is 36.9 Å². The van der Waals surface area contributed by atoms with Crippen molar-refractivity contribution in [3.8, 4) is 5.75 Å². The van der Waals surface area contributed by atoms with Gasteiger partial charge < -0.3 is 25.1 Å². The number of ether oxygens (including phenoxy) is 1. The molecule has 0 spiro atoms. The quantitative estimate of drug-likeness (QED) is 0.509. The Bertz CT molecular complexity index is 1020. The Morgan fingerprint density at radius 3 is 2.71 bits per heavy atom. The molecule has 35 heavy (non-hydrogen) atoms. The lowest BCUT2D eigenvalue weighted by Gasteiger charge is -2.34. The van der Waals surface area contributed by atoms with Gasteiger partial charge in [-0.15, -0.1) is 0 Å². The van der Waals surface area contributed by atoms with Gasteiger partial charge in [0, 0.05) is 24.0 Å². The maximum absolute atomic E-state index is 13.7. The van der Waals surface area contributed by atoms with E-state index in [1.165, 1.54) is 0 Å². The van der Waals surface area contributed by atoms with Gasteiger partial charge in [-0.1, -0.05) is 29.6 Å². The minimum absolute atomic E-state index is 0.0240. The van der Waals surface area contributed by atoms with Crippen molar-refractivity contribution >= 4 is 47.2 Å².